The summed E-state index contributed by atoms with van der Waals surface area (Å²) in [5, 5.41) is 8.58. The second kappa shape index (κ2) is 8.53. The van der Waals surface area contributed by atoms with Crippen LogP contribution in [-0.4, -0.2) is 21.0 Å². The van der Waals surface area contributed by atoms with E-state index in [-0.39, 0.29) is 11.0 Å². The van der Waals surface area contributed by atoms with Gasteiger partial charge in [-0.25, -0.2) is 0 Å². The molecule has 0 spiro atoms. The van der Waals surface area contributed by atoms with Crippen molar-refractivity contribution in [1.29, 1.82) is 0 Å². The van der Waals surface area contributed by atoms with Crippen molar-refractivity contribution in [3.8, 4) is 0 Å². The molecule has 0 aliphatic heterocycles. The van der Waals surface area contributed by atoms with Crippen LogP contribution in [0.3, 0.4) is 0 Å². The van der Waals surface area contributed by atoms with Gasteiger partial charge in [-0.2, -0.15) is 0 Å². The molecular weight excluding hydrogens is 389 g/mol. The lowest BCUT2D eigenvalue weighted by Crippen LogP contribution is -2.56. The molecule has 0 radical (unpaired) electrons. The van der Waals surface area contributed by atoms with Crippen LogP contribution in [0.4, 0.5) is 5.69 Å². The Morgan fingerprint density at radius 2 is 1.46 bits per heavy atom. The van der Waals surface area contributed by atoms with Gasteiger partial charge in [-0.15, -0.1) is 0 Å². The highest BCUT2D eigenvalue weighted by molar-refractivity contribution is 7.80. The van der Waals surface area contributed by atoms with E-state index in [1.165, 1.54) is 0 Å². The monoisotopic (exact) mass is 401 g/mol. The molecule has 0 unspecified atom stereocenters. The maximum absolute atomic E-state index is 12.3. The van der Waals surface area contributed by atoms with Gasteiger partial charge in [0.1, 0.15) is 6.17 Å². The fourth-order valence-corrected chi connectivity index (χ4v) is 2.39. The van der Waals surface area contributed by atoms with Gasteiger partial charge >= 0.3 is 0 Å². The van der Waals surface area contributed by atoms with Crippen LogP contribution in [0, 0.1) is 0 Å². The number of hydrogen-bond acceptors (Lipinski definition) is 2. The molecule has 1 amide bonds. The molecule has 0 aromatic heterocycles. The number of carbonyl (C=O) groups excluding carboxylic acids is 1. The van der Waals surface area contributed by atoms with E-state index in [1.54, 1.807) is 30.3 Å². The van der Waals surface area contributed by atoms with Gasteiger partial charge in [-0.05, 0) is 36.5 Å². The van der Waals surface area contributed by atoms with Crippen molar-refractivity contribution < 1.29 is 4.79 Å². The fraction of sp³-hybridized carbons (Fsp3) is 0.125. The highest BCUT2D eigenvalue weighted by atomic mass is 35.6. The number of alkyl halides is 3. The van der Waals surface area contributed by atoms with Gasteiger partial charge in [0.2, 0.25) is 3.79 Å². The van der Waals surface area contributed by atoms with Gasteiger partial charge in [0.25, 0.3) is 5.91 Å². The Labute approximate surface area is 160 Å². The molecule has 126 valence electrons. The number of halogens is 3. The maximum Gasteiger partial charge on any atom is 0.252 e. The standard InChI is InChI=1S/C16H14Cl3N3OS/c17-16(18,19)14(21-13(23)11-7-3-1-4-8-11)22-15(24)20-12-9-5-2-6-10-12/h1-10,14H,(H,21,23)(H2,20,22,24)/t14-/m1/s1. The molecule has 0 heterocycles. The van der Waals surface area contributed by atoms with Crippen LogP contribution in [0.1, 0.15) is 10.4 Å². The molecule has 0 bridgehead atoms. The third-order valence-electron chi connectivity index (χ3n) is 2.95. The summed E-state index contributed by atoms with van der Waals surface area (Å²) in [7, 11) is 0. The summed E-state index contributed by atoms with van der Waals surface area (Å²) in [4.78, 5) is 12.3. The molecule has 0 aliphatic carbocycles. The molecule has 3 N–H and O–H groups in total. The predicted octanol–water partition coefficient (Wildman–Crippen LogP) is 4.10. The van der Waals surface area contributed by atoms with Gasteiger partial charge in [-0.1, -0.05) is 71.2 Å². The second-order valence-corrected chi connectivity index (χ2v) is 7.56. The third kappa shape index (κ3) is 5.83. The normalized spacial score (nSPS) is 12.1. The molecule has 2 aromatic carbocycles. The highest BCUT2D eigenvalue weighted by Gasteiger charge is 2.34. The number of anilines is 1. The van der Waals surface area contributed by atoms with Crippen LogP contribution in [0.25, 0.3) is 0 Å². The zero-order chi connectivity index (χ0) is 17.6. The molecule has 2 rings (SSSR count). The molecule has 0 aliphatic rings. The SMILES string of the molecule is O=C(N[C@H](NC(=S)Nc1ccccc1)C(Cl)(Cl)Cl)c1ccccc1. The number of hydrogen-bond donors (Lipinski definition) is 3. The van der Waals surface area contributed by atoms with E-state index in [1.807, 2.05) is 30.3 Å². The first-order chi connectivity index (χ1) is 11.4. The lowest BCUT2D eigenvalue weighted by Gasteiger charge is -2.27. The van der Waals surface area contributed by atoms with Crippen LogP contribution in [0.2, 0.25) is 0 Å². The molecule has 2 aromatic rings. The second-order valence-electron chi connectivity index (χ2n) is 4.78. The number of rotatable bonds is 4. The zero-order valence-electron chi connectivity index (χ0n) is 12.3. The van der Waals surface area contributed by atoms with Crippen molar-refractivity contribution in [2.24, 2.45) is 0 Å². The summed E-state index contributed by atoms with van der Waals surface area (Å²) >= 11 is 23.0. The first kappa shape index (κ1) is 18.8. The zero-order valence-corrected chi connectivity index (χ0v) is 15.4. The topological polar surface area (TPSA) is 53.2 Å². The number of amides is 1. The van der Waals surface area contributed by atoms with E-state index in [0.717, 1.165) is 5.69 Å². The number of carbonyl (C=O) groups is 1. The fourth-order valence-electron chi connectivity index (χ4n) is 1.82. The lowest BCUT2D eigenvalue weighted by molar-refractivity contribution is 0.0934. The van der Waals surface area contributed by atoms with Gasteiger partial charge in [-0.3, -0.25) is 4.79 Å². The van der Waals surface area contributed by atoms with E-state index in [9.17, 15) is 4.79 Å². The Morgan fingerprint density at radius 3 is 2.00 bits per heavy atom. The van der Waals surface area contributed by atoms with Crippen molar-refractivity contribution in [2.45, 2.75) is 9.96 Å². The van der Waals surface area contributed by atoms with E-state index >= 15 is 0 Å². The lowest BCUT2D eigenvalue weighted by atomic mass is 10.2. The van der Waals surface area contributed by atoms with Crippen LogP contribution in [0.15, 0.2) is 60.7 Å². The molecule has 24 heavy (non-hydrogen) atoms. The summed E-state index contributed by atoms with van der Waals surface area (Å²) < 4.78 is -1.80. The Morgan fingerprint density at radius 1 is 0.917 bits per heavy atom. The first-order valence-electron chi connectivity index (χ1n) is 6.91. The minimum Gasteiger partial charge on any atom is -0.339 e. The van der Waals surface area contributed by atoms with Gasteiger partial charge in [0, 0.05) is 11.3 Å². The smallest absolute Gasteiger partial charge is 0.252 e. The van der Waals surface area contributed by atoms with Crippen LogP contribution >= 0.6 is 47.0 Å². The Hall–Kier alpha value is -1.53. The Balaban J connectivity index is 2.03. The van der Waals surface area contributed by atoms with Crippen molar-refractivity contribution in [2.75, 3.05) is 5.32 Å². The molecule has 0 fully saturated rings. The molecule has 0 saturated carbocycles. The average molecular weight is 403 g/mol. The summed E-state index contributed by atoms with van der Waals surface area (Å²) in [5.41, 5.74) is 1.22. The maximum atomic E-state index is 12.3. The summed E-state index contributed by atoms with van der Waals surface area (Å²) in [6.07, 6.45) is -1.01. The van der Waals surface area contributed by atoms with Crippen LogP contribution < -0.4 is 16.0 Å². The van der Waals surface area contributed by atoms with Crippen LogP contribution in [-0.2, 0) is 0 Å². The largest absolute Gasteiger partial charge is 0.339 e. The van der Waals surface area contributed by atoms with Crippen LogP contribution in [0.5, 0.6) is 0 Å². The number of thiocarbonyl (C=S) groups is 1. The van der Waals surface area contributed by atoms with Crippen molar-refractivity contribution in [3.63, 3.8) is 0 Å². The molecule has 0 saturated heterocycles. The summed E-state index contributed by atoms with van der Waals surface area (Å²) in [6, 6.07) is 17.9. The summed E-state index contributed by atoms with van der Waals surface area (Å²) in [5.74, 6) is -0.387. The Bertz CT molecular complexity index is 693. The molecular formula is C16H14Cl3N3OS. The number of benzene rings is 2. The Kier molecular flexibility index (Phi) is 6.69. The van der Waals surface area contributed by atoms with E-state index in [0.29, 0.717) is 5.56 Å². The van der Waals surface area contributed by atoms with E-state index in [4.69, 9.17) is 47.0 Å². The van der Waals surface area contributed by atoms with Crippen molar-refractivity contribution >= 4 is 63.7 Å². The van der Waals surface area contributed by atoms with E-state index < -0.39 is 9.96 Å². The highest BCUT2D eigenvalue weighted by Crippen LogP contribution is 2.29. The van der Waals surface area contributed by atoms with Gasteiger partial charge in [0.05, 0.1) is 0 Å². The quantitative estimate of drug-likeness (QED) is 0.409. The third-order valence-corrected chi connectivity index (χ3v) is 3.82. The van der Waals surface area contributed by atoms with E-state index in [2.05, 4.69) is 16.0 Å². The average Bonchev–Trinajstić information content (AvgIpc) is 2.55. The van der Waals surface area contributed by atoms with Gasteiger partial charge < -0.3 is 16.0 Å². The predicted molar refractivity (Wildman–Crippen MR) is 104 cm³/mol. The molecule has 4 nitrogen and oxygen atoms in total. The first-order valence-corrected chi connectivity index (χ1v) is 8.45. The molecule has 8 heteroatoms. The molecule has 1 atom stereocenters. The van der Waals surface area contributed by atoms with Crippen molar-refractivity contribution in [1.82, 2.24) is 10.6 Å². The van der Waals surface area contributed by atoms with Crippen molar-refractivity contribution in [3.05, 3.63) is 66.2 Å². The number of nitrogens with one attached hydrogen (secondary N) is 3. The minimum atomic E-state index is -1.80. The number of para-hydroxylation sites is 1. The summed E-state index contributed by atoms with van der Waals surface area (Å²) in [6.45, 7) is 0. The van der Waals surface area contributed by atoms with Gasteiger partial charge in [0.15, 0.2) is 5.11 Å². The minimum absolute atomic E-state index is 0.214.